The van der Waals surface area contributed by atoms with Crippen LogP contribution in [-0.2, 0) is 6.54 Å². The molecule has 0 saturated carbocycles. The fourth-order valence-corrected chi connectivity index (χ4v) is 2.11. The van der Waals surface area contributed by atoms with E-state index in [2.05, 4.69) is 43.8 Å². The number of aromatic hydroxyl groups is 1. The zero-order chi connectivity index (χ0) is 12.8. The molecule has 0 amide bonds. The first-order valence-electron chi connectivity index (χ1n) is 6.19. The van der Waals surface area contributed by atoms with Crippen molar-refractivity contribution in [3.63, 3.8) is 0 Å². The second-order valence-corrected chi connectivity index (χ2v) is 4.84. The Labute approximate surface area is 105 Å². The molecule has 1 atom stereocenters. The minimum absolute atomic E-state index is 0.346. The van der Waals surface area contributed by atoms with Crippen LogP contribution in [0.4, 0.5) is 0 Å². The molecule has 1 aromatic carbocycles. The predicted octanol–water partition coefficient (Wildman–Crippen LogP) is 2.16. The highest BCUT2D eigenvalue weighted by molar-refractivity contribution is 5.27. The number of hydrogen-bond donors (Lipinski definition) is 1. The molecule has 0 bridgehead atoms. The van der Waals surface area contributed by atoms with Gasteiger partial charge in [-0.1, -0.05) is 19.1 Å². The molecule has 0 spiro atoms. The van der Waals surface area contributed by atoms with Crippen LogP contribution >= 0.6 is 0 Å². The summed E-state index contributed by atoms with van der Waals surface area (Å²) < 4.78 is 0. The Bertz CT molecular complexity index is 339. The summed E-state index contributed by atoms with van der Waals surface area (Å²) in [5, 5.41) is 9.46. The van der Waals surface area contributed by atoms with E-state index in [1.165, 1.54) is 0 Å². The van der Waals surface area contributed by atoms with Crippen molar-refractivity contribution >= 4 is 0 Å². The van der Waals surface area contributed by atoms with Gasteiger partial charge in [0.25, 0.3) is 0 Å². The van der Waals surface area contributed by atoms with E-state index in [0.717, 1.165) is 25.2 Å². The number of likely N-dealkylation sites (N-methyl/N-ethyl adjacent to an activating group) is 2. The van der Waals surface area contributed by atoms with Crippen LogP contribution in [0.5, 0.6) is 5.75 Å². The van der Waals surface area contributed by atoms with Gasteiger partial charge in [-0.15, -0.1) is 0 Å². The van der Waals surface area contributed by atoms with Crippen molar-refractivity contribution in [1.82, 2.24) is 9.80 Å². The highest BCUT2D eigenvalue weighted by Gasteiger charge is 2.13. The van der Waals surface area contributed by atoms with Crippen molar-refractivity contribution in [2.75, 3.05) is 27.2 Å². The molecule has 0 radical (unpaired) electrons. The van der Waals surface area contributed by atoms with Crippen molar-refractivity contribution in [1.29, 1.82) is 0 Å². The van der Waals surface area contributed by atoms with E-state index in [9.17, 15) is 5.11 Å². The fourth-order valence-electron chi connectivity index (χ4n) is 2.11. The van der Waals surface area contributed by atoms with E-state index >= 15 is 0 Å². The van der Waals surface area contributed by atoms with Gasteiger partial charge >= 0.3 is 0 Å². The number of phenols is 1. The summed E-state index contributed by atoms with van der Waals surface area (Å²) >= 11 is 0. The quantitative estimate of drug-likeness (QED) is 0.820. The molecule has 0 aromatic heterocycles. The van der Waals surface area contributed by atoms with Crippen molar-refractivity contribution < 1.29 is 5.11 Å². The van der Waals surface area contributed by atoms with Crippen molar-refractivity contribution in [3.05, 3.63) is 29.8 Å². The Morgan fingerprint density at radius 2 is 2.00 bits per heavy atom. The highest BCUT2D eigenvalue weighted by atomic mass is 16.3. The molecule has 0 aliphatic carbocycles. The minimum atomic E-state index is 0.346. The number of rotatable bonds is 6. The predicted molar refractivity (Wildman–Crippen MR) is 72.2 cm³/mol. The van der Waals surface area contributed by atoms with Gasteiger partial charge in [0.05, 0.1) is 0 Å². The summed E-state index contributed by atoms with van der Waals surface area (Å²) in [7, 11) is 4.19. The van der Waals surface area contributed by atoms with Crippen LogP contribution < -0.4 is 0 Å². The van der Waals surface area contributed by atoms with E-state index in [1.54, 1.807) is 6.07 Å². The lowest BCUT2D eigenvalue weighted by atomic mass is 10.1. The van der Waals surface area contributed by atoms with Gasteiger partial charge in [0.1, 0.15) is 5.75 Å². The van der Waals surface area contributed by atoms with E-state index in [1.807, 2.05) is 12.1 Å². The third-order valence-corrected chi connectivity index (χ3v) is 2.96. The molecule has 3 heteroatoms. The topological polar surface area (TPSA) is 26.7 Å². The van der Waals surface area contributed by atoms with Crippen LogP contribution in [-0.4, -0.2) is 48.1 Å². The summed E-state index contributed by atoms with van der Waals surface area (Å²) in [6.07, 6.45) is 0. The average molecular weight is 236 g/mol. The first kappa shape index (κ1) is 14.0. The normalized spacial score (nSPS) is 13.3. The first-order chi connectivity index (χ1) is 8.02. The summed E-state index contributed by atoms with van der Waals surface area (Å²) in [4.78, 5) is 4.62. The van der Waals surface area contributed by atoms with Crippen molar-refractivity contribution in [2.24, 2.45) is 0 Å². The lowest BCUT2D eigenvalue weighted by Crippen LogP contribution is -2.39. The smallest absolute Gasteiger partial charge is 0.115 e. The van der Waals surface area contributed by atoms with Gasteiger partial charge in [-0.05, 0) is 45.3 Å². The lowest BCUT2D eigenvalue weighted by molar-refractivity contribution is 0.174. The number of hydrogen-bond acceptors (Lipinski definition) is 3. The molecule has 1 aromatic rings. The van der Waals surface area contributed by atoms with Crippen LogP contribution in [0.3, 0.4) is 0 Å². The molecule has 0 heterocycles. The Balaban J connectivity index is 2.63. The van der Waals surface area contributed by atoms with Crippen LogP contribution in [0.2, 0.25) is 0 Å². The van der Waals surface area contributed by atoms with Crippen LogP contribution in [0.1, 0.15) is 19.4 Å². The third kappa shape index (κ3) is 4.75. The van der Waals surface area contributed by atoms with Crippen LogP contribution in [0, 0.1) is 0 Å². The van der Waals surface area contributed by atoms with E-state index in [4.69, 9.17) is 0 Å². The third-order valence-electron chi connectivity index (χ3n) is 2.96. The van der Waals surface area contributed by atoms with Gasteiger partial charge in [0.2, 0.25) is 0 Å². The molecule has 0 aliphatic rings. The maximum atomic E-state index is 9.46. The van der Waals surface area contributed by atoms with Gasteiger partial charge in [0, 0.05) is 19.1 Å². The van der Waals surface area contributed by atoms with Gasteiger partial charge in [0.15, 0.2) is 0 Å². The molecule has 1 N–H and O–H groups in total. The average Bonchev–Trinajstić information content (AvgIpc) is 2.24. The minimum Gasteiger partial charge on any atom is -0.508 e. The zero-order valence-electron chi connectivity index (χ0n) is 11.3. The largest absolute Gasteiger partial charge is 0.508 e. The summed E-state index contributed by atoms with van der Waals surface area (Å²) in [5.74, 6) is 0.346. The monoisotopic (exact) mass is 236 g/mol. The standard InChI is InChI=1S/C14H24N2O/c1-5-16(12(2)10-15(3)4)11-13-7-6-8-14(17)9-13/h6-9,12,17H,5,10-11H2,1-4H3. The second-order valence-electron chi connectivity index (χ2n) is 4.84. The highest BCUT2D eigenvalue weighted by Crippen LogP contribution is 2.14. The van der Waals surface area contributed by atoms with Crippen LogP contribution in [0.15, 0.2) is 24.3 Å². The number of nitrogens with zero attached hydrogens (tertiary/aromatic N) is 2. The van der Waals surface area contributed by atoms with E-state index in [0.29, 0.717) is 11.8 Å². The Kier molecular flexibility index (Phi) is 5.45. The Morgan fingerprint density at radius 3 is 2.53 bits per heavy atom. The number of benzene rings is 1. The lowest BCUT2D eigenvalue weighted by Gasteiger charge is -2.30. The summed E-state index contributed by atoms with van der Waals surface area (Å²) in [6, 6.07) is 8.02. The molecular formula is C14H24N2O. The molecule has 96 valence electrons. The van der Waals surface area contributed by atoms with Gasteiger partial charge in [-0.3, -0.25) is 4.90 Å². The summed E-state index contributed by atoms with van der Waals surface area (Å²) in [6.45, 7) is 7.37. The molecule has 0 fully saturated rings. The first-order valence-corrected chi connectivity index (χ1v) is 6.19. The van der Waals surface area contributed by atoms with E-state index in [-0.39, 0.29) is 0 Å². The molecule has 1 rings (SSSR count). The Hall–Kier alpha value is -1.06. The molecule has 0 saturated heterocycles. The Morgan fingerprint density at radius 1 is 1.29 bits per heavy atom. The molecular weight excluding hydrogens is 212 g/mol. The van der Waals surface area contributed by atoms with Gasteiger partial charge < -0.3 is 10.0 Å². The fraction of sp³-hybridized carbons (Fsp3) is 0.571. The van der Waals surface area contributed by atoms with Crippen molar-refractivity contribution in [3.8, 4) is 5.75 Å². The SMILES string of the molecule is CCN(Cc1cccc(O)c1)C(C)CN(C)C. The second kappa shape index (κ2) is 6.62. The van der Waals surface area contributed by atoms with Crippen molar-refractivity contribution in [2.45, 2.75) is 26.4 Å². The molecule has 1 unspecified atom stereocenters. The number of phenolic OH excluding ortho intramolecular Hbond substituents is 1. The molecule has 3 nitrogen and oxygen atoms in total. The van der Waals surface area contributed by atoms with Gasteiger partial charge in [-0.25, -0.2) is 0 Å². The zero-order valence-corrected chi connectivity index (χ0v) is 11.3. The molecule has 17 heavy (non-hydrogen) atoms. The maximum Gasteiger partial charge on any atom is 0.115 e. The van der Waals surface area contributed by atoms with Crippen LogP contribution in [0.25, 0.3) is 0 Å². The molecule has 0 aliphatic heterocycles. The van der Waals surface area contributed by atoms with Gasteiger partial charge in [-0.2, -0.15) is 0 Å². The summed E-state index contributed by atoms with van der Waals surface area (Å²) in [5.41, 5.74) is 1.16. The maximum absolute atomic E-state index is 9.46. The van der Waals surface area contributed by atoms with E-state index < -0.39 is 0 Å².